The fourth-order valence-electron chi connectivity index (χ4n) is 4.25. The summed E-state index contributed by atoms with van der Waals surface area (Å²) in [6.07, 6.45) is 2.22. The maximum atomic E-state index is 14.1. The summed E-state index contributed by atoms with van der Waals surface area (Å²) in [5.74, 6) is -0.861. The van der Waals surface area contributed by atoms with Crippen molar-refractivity contribution in [2.75, 3.05) is 17.1 Å². The van der Waals surface area contributed by atoms with Crippen molar-refractivity contribution < 1.29 is 18.0 Å². The minimum atomic E-state index is -4.14. The van der Waals surface area contributed by atoms with Crippen LogP contribution in [0, 0.1) is 6.92 Å². The highest BCUT2D eigenvalue weighted by atomic mass is 35.5. The van der Waals surface area contributed by atoms with Crippen molar-refractivity contribution in [2.45, 2.75) is 62.5 Å². The van der Waals surface area contributed by atoms with E-state index >= 15 is 0 Å². The minimum Gasteiger partial charge on any atom is -0.352 e. The number of benzene rings is 3. The van der Waals surface area contributed by atoms with Gasteiger partial charge >= 0.3 is 0 Å². The molecule has 1 N–H and O–H groups in total. The van der Waals surface area contributed by atoms with Gasteiger partial charge in [0.25, 0.3) is 10.0 Å². The second-order valence-corrected chi connectivity index (χ2v) is 13.4. The number of nitrogens with one attached hydrogen (secondary N) is 1. The normalized spacial score (nSPS) is 12.2. The smallest absolute Gasteiger partial charge is 0.264 e. The first kappa shape index (κ1) is 32.8. The third-order valence-electron chi connectivity index (χ3n) is 6.40. The summed E-state index contributed by atoms with van der Waals surface area (Å²) in [6.45, 7) is 6.90. The highest BCUT2D eigenvalue weighted by molar-refractivity contribution is 7.98. The molecule has 1 unspecified atom stereocenters. The monoisotopic (exact) mass is 635 g/mol. The Morgan fingerprint density at radius 2 is 1.59 bits per heavy atom. The number of rotatable bonds is 12. The Hall–Kier alpha value is -2.72. The Balaban J connectivity index is 2.07. The number of thioether (sulfide) groups is 1. The first-order chi connectivity index (χ1) is 19.4. The summed E-state index contributed by atoms with van der Waals surface area (Å²) in [4.78, 5) is 29.7. The van der Waals surface area contributed by atoms with E-state index in [1.165, 1.54) is 28.8 Å². The van der Waals surface area contributed by atoms with Crippen LogP contribution in [0.15, 0.2) is 76.5 Å². The fourth-order valence-corrected chi connectivity index (χ4v) is 6.39. The van der Waals surface area contributed by atoms with E-state index in [0.717, 1.165) is 14.8 Å². The van der Waals surface area contributed by atoms with Crippen LogP contribution in [0.2, 0.25) is 10.0 Å². The molecule has 7 nitrogen and oxygen atoms in total. The van der Waals surface area contributed by atoms with E-state index in [1.54, 1.807) is 54.6 Å². The summed E-state index contributed by atoms with van der Waals surface area (Å²) in [7, 11) is -4.14. The Kier molecular flexibility index (Phi) is 11.6. The van der Waals surface area contributed by atoms with Crippen LogP contribution >= 0.6 is 35.0 Å². The lowest BCUT2D eigenvalue weighted by Crippen LogP contribution is -2.53. The van der Waals surface area contributed by atoms with Gasteiger partial charge in [-0.25, -0.2) is 8.42 Å². The van der Waals surface area contributed by atoms with Crippen molar-refractivity contribution in [3.8, 4) is 0 Å². The lowest BCUT2D eigenvalue weighted by atomic mass is 10.1. The molecule has 1 atom stereocenters. The highest BCUT2D eigenvalue weighted by Crippen LogP contribution is 2.28. The molecule has 2 amide bonds. The van der Waals surface area contributed by atoms with Gasteiger partial charge in [0.2, 0.25) is 11.8 Å². The number of hydrogen-bond acceptors (Lipinski definition) is 5. The van der Waals surface area contributed by atoms with Crippen molar-refractivity contribution in [3.63, 3.8) is 0 Å². The molecule has 3 rings (SSSR count). The molecule has 0 saturated heterocycles. The molecule has 0 aliphatic carbocycles. The van der Waals surface area contributed by atoms with Gasteiger partial charge in [0.05, 0.1) is 20.6 Å². The number of hydrogen-bond donors (Lipinski definition) is 1. The summed E-state index contributed by atoms with van der Waals surface area (Å²) >= 11 is 13.8. The molecule has 0 aromatic heterocycles. The van der Waals surface area contributed by atoms with Gasteiger partial charge in [-0.05, 0) is 87.5 Å². The van der Waals surface area contributed by atoms with Gasteiger partial charge in [0.1, 0.15) is 12.6 Å². The van der Waals surface area contributed by atoms with Crippen molar-refractivity contribution in [1.82, 2.24) is 10.2 Å². The quantitative estimate of drug-likeness (QED) is 0.228. The SMILES string of the molecule is CCC(C(=O)NC(C)C)N(Cc1ccc(Cl)c(Cl)c1)C(=O)CN(c1ccc(C)cc1)S(=O)(=O)c1ccc(SC)cc1. The molecule has 3 aromatic rings. The summed E-state index contributed by atoms with van der Waals surface area (Å²) in [6, 6.07) is 17.4. The molecular weight excluding hydrogens is 601 g/mol. The zero-order valence-corrected chi connectivity index (χ0v) is 26.9. The average molecular weight is 637 g/mol. The second-order valence-electron chi connectivity index (χ2n) is 9.88. The van der Waals surface area contributed by atoms with Gasteiger partial charge in [0, 0.05) is 17.5 Å². The number of aryl methyl sites for hydroxylation is 1. The van der Waals surface area contributed by atoms with Crippen LogP contribution in [-0.2, 0) is 26.2 Å². The third kappa shape index (κ3) is 8.41. The first-order valence-electron chi connectivity index (χ1n) is 13.1. The largest absolute Gasteiger partial charge is 0.352 e. The number of carbonyl (C=O) groups is 2. The molecule has 0 saturated carbocycles. The first-order valence-corrected chi connectivity index (χ1v) is 16.6. The second kappa shape index (κ2) is 14.4. The van der Waals surface area contributed by atoms with Gasteiger partial charge in [-0.15, -0.1) is 11.8 Å². The third-order valence-corrected chi connectivity index (χ3v) is 9.67. The molecular formula is C30H35Cl2N3O4S2. The topological polar surface area (TPSA) is 86.8 Å². The number of anilines is 1. The van der Waals surface area contributed by atoms with Crippen LogP contribution in [-0.4, -0.2) is 50.0 Å². The van der Waals surface area contributed by atoms with Gasteiger partial charge in [-0.1, -0.05) is 53.9 Å². The van der Waals surface area contributed by atoms with Crippen molar-refractivity contribution in [2.24, 2.45) is 0 Å². The fraction of sp³-hybridized carbons (Fsp3) is 0.333. The molecule has 0 aliphatic heterocycles. The molecule has 0 aliphatic rings. The molecule has 220 valence electrons. The highest BCUT2D eigenvalue weighted by Gasteiger charge is 2.34. The van der Waals surface area contributed by atoms with E-state index in [9.17, 15) is 18.0 Å². The van der Waals surface area contributed by atoms with E-state index in [2.05, 4.69) is 5.32 Å². The van der Waals surface area contributed by atoms with E-state index in [4.69, 9.17) is 23.2 Å². The Morgan fingerprint density at radius 3 is 2.12 bits per heavy atom. The Labute approximate surface area is 257 Å². The van der Waals surface area contributed by atoms with Gasteiger partial charge in [-0.3, -0.25) is 13.9 Å². The van der Waals surface area contributed by atoms with E-state index in [0.29, 0.717) is 27.7 Å². The van der Waals surface area contributed by atoms with E-state index < -0.39 is 28.5 Å². The summed E-state index contributed by atoms with van der Waals surface area (Å²) in [5, 5.41) is 3.56. The number of amides is 2. The summed E-state index contributed by atoms with van der Waals surface area (Å²) < 4.78 is 29.0. The molecule has 0 heterocycles. The minimum absolute atomic E-state index is 0.0317. The van der Waals surface area contributed by atoms with Crippen LogP contribution in [0.4, 0.5) is 5.69 Å². The van der Waals surface area contributed by atoms with Crippen LogP contribution < -0.4 is 9.62 Å². The van der Waals surface area contributed by atoms with Crippen molar-refractivity contribution in [1.29, 1.82) is 0 Å². The van der Waals surface area contributed by atoms with Gasteiger partial charge in [-0.2, -0.15) is 0 Å². The molecule has 0 radical (unpaired) electrons. The predicted octanol–water partition coefficient (Wildman–Crippen LogP) is 6.55. The van der Waals surface area contributed by atoms with Crippen LogP contribution in [0.5, 0.6) is 0 Å². The number of nitrogens with zero attached hydrogens (tertiary/aromatic N) is 2. The van der Waals surface area contributed by atoms with Gasteiger partial charge < -0.3 is 10.2 Å². The molecule has 0 spiro atoms. The van der Waals surface area contributed by atoms with E-state index in [1.807, 2.05) is 34.0 Å². The van der Waals surface area contributed by atoms with Gasteiger partial charge in [0.15, 0.2) is 0 Å². The molecule has 0 bridgehead atoms. The number of carbonyl (C=O) groups excluding carboxylic acids is 2. The number of halogens is 2. The summed E-state index contributed by atoms with van der Waals surface area (Å²) in [5.41, 5.74) is 1.94. The van der Waals surface area contributed by atoms with E-state index in [-0.39, 0.29) is 23.4 Å². The van der Waals surface area contributed by atoms with Crippen LogP contribution in [0.3, 0.4) is 0 Å². The number of sulfonamides is 1. The predicted molar refractivity (Wildman–Crippen MR) is 168 cm³/mol. The van der Waals surface area contributed by atoms with Crippen molar-refractivity contribution in [3.05, 3.63) is 87.9 Å². The molecule has 41 heavy (non-hydrogen) atoms. The zero-order chi connectivity index (χ0) is 30.3. The Bertz CT molecular complexity index is 1460. The maximum Gasteiger partial charge on any atom is 0.264 e. The van der Waals surface area contributed by atoms with Crippen molar-refractivity contribution >= 4 is 62.5 Å². The molecule has 3 aromatic carbocycles. The Morgan fingerprint density at radius 1 is 0.951 bits per heavy atom. The maximum absolute atomic E-state index is 14.1. The molecule has 0 fully saturated rings. The standard InChI is InChI=1S/C30H35Cl2N3O4S2/c1-6-28(30(37)33-20(2)3)34(18-22-9-16-26(31)27(32)17-22)29(36)19-35(23-10-7-21(4)8-11-23)41(38,39)25-14-12-24(40-5)13-15-25/h7-17,20,28H,6,18-19H2,1-5H3,(H,33,37). The zero-order valence-electron chi connectivity index (χ0n) is 23.7. The lowest BCUT2D eigenvalue weighted by molar-refractivity contribution is -0.140. The molecule has 11 heteroatoms. The van der Waals surface area contributed by atoms with Crippen LogP contribution in [0.1, 0.15) is 38.3 Å². The average Bonchev–Trinajstić information content (AvgIpc) is 2.93. The van der Waals surface area contributed by atoms with Crippen LogP contribution in [0.25, 0.3) is 0 Å². The lowest BCUT2D eigenvalue weighted by Gasteiger charge is -2.33.